The topological polar surface area (TPSA) is 78.8 Å². The SMILES string of the molecule is CC(C)(C)OC(=O)Nc1cc(CCO)ccc1O. The van der Waals surface area contributed by atoms with E-state index in [-0.39, 0.29) is 18.0 Å². The van der Waals surface area contributed by atoms with Gasteiger partial charge in [0.25, 0.3) is 0 Å². The first-order valence-corrected chi connectivity index (χ1v) is 5.74. The minimum Gasteiger partial charge on any atom is -0.506 e. The molecule has 3 N–H and O–H groups in total. The lowest BCUT2D eigenvalue weighted by atomic mass is 10.1. The number of aliphatic hydroxyl groups is 1. The summed E-state index contributed by atoms with van der Waals surface area (Å²) >= 11 is 0. The molecular weight excluding hydrogens is 234 g/mol. The van der Waals surface area contributed by atoms with Gasteiger partial charge in [0.1, 0.15) is 11.4 Å². The number of aromatic hydroxyl groups is 1. The Morgan fingerprint density at radius 3 is 2.61 bits per heavy atom. The minimum atomic E-state index is -0.626. The standard InChI is InChI=1S/C13H19NO4/c1-13(2,3)18-12(17)14-10-8-9(6-7-15)4-5-11(10)16/h4-5,8,15-16H,6-7H2,1-3H3,(H,14,17). The third-order valence-corrected chi connectivity index (χ3v) is 2.10. The highest BCUT2D eigenvalue weighted by Gasteiger charge is 2.17. The van der Waals surface area contributed by atoms with Crippen LogP contribution in [0.15, 0.2) is 18.2 Å². The van der Waals surface area contributed by atoms with E-state index in [2.05, 4.69) is 5.32 Å². The van der Waals surface area contributed by atoms with Crippen molar-refractivity contribution in [3.63, 3.8) is 0 Å². The highest BCUT2D eigenvalue weighted by atomic mass is 16.6. The van der Waals surface area contributed by atoms with Crippen LogP contribution in [0.5, 0.6) is 5.75 Å². The second kappa shape index (κ2) is 5.73. The second-order valence-corrected chi connectivity index (χ2v) is 4.95. The Kier molecular flexibility index (Phi) is 4.55. The number of phenols is 1. The molecule has 18 heavy (non-hydrogen) atoms. The van der Waals surface area contributed by atoms with E-state index in [1.54, 1.807) is 32.9 Å². The highest BCUT2D eigenvalue weighted by Crippen LogP contribution is 2.25. The molecule has 0 aliphatic rings. The summed E-state index contributed by atoms with van der Waals surface area (Å²) in [6.07, 6.45) is -0.164. The van der Waals surface area contributed by atoms with Crippen molar-refractivity contribution >= 4 is 11.8 Å². The molecule has 0 aliphatic heterocycles. The van der Waals surface area contributed by atoms with Crippen LogP contribution in [0.1, 0.15) is 26.3 Å². The van der Waals surface area contributed by atoms with Gasteiger partial charge in [0.05, 0.1) is 5.69 Å². The maximum Gasteiger partial charge on any atom is 0.412 e. The fraction of sp³-hybridized carbons (Fsp3) is 0.462. The molecule has 0 aromatic heterocycles. The number of hydrogen-bond donors (Lipinski definition) is 3. The van der Waals surface area contributed by atoms with Gasteiger partial charge < -0.3 is 14.9 Å². The summed E-state index contributed by atoms with van der Waals surface area (Å²) < 4.78 is 5.09. The van der Waals surface area contributed by atoms with E-state index in [0.29, 0.717) is 6.42 Å². The highest BCUT2D eigenvalue weighted by molar-refractivity contribution is 5.87. The van der Waals surface area contributed by atoms with E-state index in [4.69, 9.17) is 9.84 Å². The first-order valence-electron chi connectivity index (χ1n) is 5.74. The molecule has 0 saturated heterocycles. The van der Waals surface area contributed by atoms with Crippen molar-refractivity contribution in [3.05, 3.63) is 23.8 Å². The van der Waals surface area contributed by atoms with Crippen molar-refractivity contribution in [3.8, 4) is 5.75 Å². The number of phenolic OH excluding ortho intramolecular Hbond substituents is 1. The largest absolute Gasteiger partial charge is 0.506 e. The van der Waals surface area contributed by atoms with Crippen molar-refractivity contribution in [1.29, 1.82) is 0 Å². The molecule has 0 aliphatic carbocycles. The molecule has 100 valence electrons. The third-order valence-electron chi connectivity index (χ3n) is 2.10. The second-order valence-electron chi connectivity index (χ2n) is 4.95. The molecule has 0 radical (unpaired) electrons. The van der Waals surface area contributed by atoms with Gasteiger partial charge >= 0.3 is 6.09 Å². The van der Waals surface area contributed by atoms with Crippen LogP contribution >= 0.6 is 0 Å². The average molecular weight is 253 g/mol. The molecule has 0 saturated carbocycles. The van der Waals surface area contributed by atoms with Crippen molar-refractivity contribution in [2.24, 2.45) is 0 Å². The third kappa shape index (κ3) is 4.63. The molecule has 0 unspecified atom stereocenters. The lowest BCUT2D eigenvalue weighted by Gasteiger charge is -2.20. The summed E-state index contributed by atoms with van der Waals surface area (Å²) in [4.78, 5) is 11.6. The summed E-state index contributed by atoms with van der Waals surface area (Å²) in [5.41, 5.74) is 0.499. The number of carbonyl (C=O) groups excluding carboxylic acids is 1. The van der Waals surface area contributed by atoms with Crippen molar-refractivity contribution in [2.45, 2.75) is 32.8 Å². The van der Waals surface area contributed by atoms with E-state index in [9.17, 15) is 9.90 Å². The van der Waals surface area contributed by atoms with Crippen LogP contribution in [0.25, 0.3) is 0 Å². The Morgan fingerprint density at radius 1 is 1.39 bits per heavy atom. The van der Waals surface area contributed by atoms with E-state index in [1.165, 1.54) is 6.07 Å². The van der Waals surface area contributed by atoms with Crippen LogP contribution < -0.4 is 5.32 Å². The normalized spacial score (nSPS) is 11.1. The van der Waals surface area contributed by atoms with Gasteiger partial charge in [-0.25, -0.2) is 4.79 Å². The number of rotatable bonds is 3. The molecule has 0 bridgehead atoms. The molecule has 0 fully saturated rings. The molecule has 0 spiro atoms. The molecule has 1 amide bonds. The van der Waals surface area contributed by atoms with Crippen LogP contribution in [0.3, 0.4) is 0 Å². The molecule has 1 rings (SSSR count). The zero-order valence-electron chi connectivity index (χ0n) is 10.9. The molecular formula is C13H19NO4. The Balaban J connectivity index is 2.77. The smallest absolute Gasteiger partial charge is 0.412 e. The van der Waals surface area contributed by atoms with Gasteiger partial charge in [0.15, 0.2) is 0 Å². The van der Waals surface area contributed by atoms with Gasteiger partial charge in [-0.15, -0.1) is 0 Å². The number of aliphatic hydroxyl groups excluding tert-OH is 1. The zero-order chi connectivity index (χ0) is 13.8. The lowest BCUT2D eigenvalue weighted by molar-refractivity contribution is 0.0635. The number of hydrogen-bond acceptors (Lipinski definition) is 4. The van der Waals surface area contributed by atoms with E-state index >= 15 is 0 Å². The van der Waals surface area contributed by atoms with E-state index in [1.807, 2.05) is 0 Å². The number of nitrogens with one attached hydrogen (secondary N) is 1. The van der Waals surface area contributed by atoms with Crippen LogP contribution in [-0.4, -0.2) is 28.5 Å². The van der Waals surface area contributed by atoms with Crippen LogP contribution in [0.4, 0.5) is 10.5 Å². The lowest BCUT2D eigenvalue weighted by Crippen LogP contribution is -2.27. The number of ether oxygens (including phenoxy) is 1. The number of benzene rings is 1. The summed E-state index contributed by atoms with van der Waals surface area (Å²) in [5, 5.41) is 20.9. The summed E-state index contributed by atoms with van der Waals surface area (Å²) in [6, 6.07) is 4.76. The number of amides is 1. The van der Waals surface area contributed by atoms with Gasteiger partial charge in [0.2, 0.25) is 0 Å². The predicted molar refractivity (Wildman–Crippen MR) is 68.8 cm³/mol. The summed E-state index contributed by atoms with van der Waals surface area (Å²) in [6.45, 7) is 5.29. The first-order chi connectivity index (χ1) is 8.31. The maximum absolute atomic E-state index is 11.6. The summed E-state index contributed by atoms with van der Waals surface area (Å²) in [7, 11) is 0. The Hall–Kier alpha value is -1.75. The Bertz CT molecular complexity index is 423. The molecule has 1 aromatic carbocycles. The number of carbonyl (C=O) groups is 1. The van der Waals surface area contributed by atoms with Crippen LogP contribution in [0, 0.1) is 0 Å². The quantitative estimate of drug-likeness (QED) is 0.722. The molecule has 1 aromatic rings. The fourth-order valence-corrected chi connectivity index (χ4v) is 1.38. The van der Waals surface area contributed by atoms with Gasteiger partial charge in [-0.3, -0.25) is 5.32 Å². The molecule has 5 heteroatoms. The van der Waals surface area contributed by atoms with Gasteiger partial charge in [0, 0.05) is 6.61 Å². The number of anilines is 1. The van der Waals surface area contributed by atoms with Crippen molar-refractivity contribution in [2.75, 3.05) is 11.9 Å². The average Bonchev–Trinajstić information content (AvgIpc) is 2.20. The Labute approximate surface area is 106 Å². The van der Waals surface area contributed by atoms with Crippen LogP contribution in [-0.2, 0) is 11.2 Å². The fourth-order valence-electron chi connectivity index (χ4n) is 1.38. The Morgan fingerprint density at radius 2 is 2.06 bits per heavy atom. The zero-order valence-corrected chi connectivity index (χ0v) is 10.9. The molecule has 5 nitrogen and oxygen atoms in total. The maximum atomic E-state index is 11.6. The van der Waals surface area contributed by atoms with Gasteiger partial charge in [-0.2, -0.15) is 0 Å². The van der Waals surface area contributed by atoms with Crippen molar-refractivity contribution < 1.29 is 19.7 Å². The van der Waals surface area contributed by atoms with Gasteiger partial charge in [-0.1, -0.05) is 6.07 Å². The minimum absolute atomic E-state index is 0.0106. The molecule has 0 heterocycles. The van der Waals surface area contributed by atoms with Gasteiger partial charge in [-0.05, 0) is 44.9 Å². The monoisotopic (exact) mass is 253 g/mol. The molecule has 0 atom stereocenters. The van der Waals surface area contributed by atoms with Crippen molar-refractivity contribution in [1.82, 2.24) is 0 Å². The van der Waals surface area contributed by atoms with E-state index in [0.717, 1.165) is 5.56 Å². The summed E-state index contributed by atoms with van der Waals surface area (Å²) in [5.74, 6) is -0.0393. The predicted octanol–water partition coefficient (Wildman–Crippen LogP) is 2.27. The first kappa shape index (κ1) is 14.3. The van der Waals surface area contributed by atoms with E-state index < -0.39 is 11.7 Å². The van der Waals surface area contributed by atoms with Crippen LogP contribution in [0.2, 0.25) is 0 Å².